The van der Waals surface area contributed by atoms with Gasteiger partial charge >= 0.3 is 0 Å². The molecule has 0 saturated carbocycles. The SMILES string of the molecule is CCCNCCc1nnc(-c2ccc(S(C)(=O)=O)cc2)s1. The van der Waals surface area contributed by atoms with E-state index in [1.165, 1.54) is 6.26 Å². The van der Waals surface area contributed by atoms with Crippen LogP contribution in [0.5, 0.6) is 0 Å². The number of hydrogen-bond donors (Lipinski definition) is 1. The lowest BCUT2D eigenvalue weighted by Gasteiger charge is -1.99. The third-order valence-electron chi connectivity index (χ3n) is 2.94. The van der Waals surface area contributed by atoms with Crippen LogP contribution in [0.2, 0.25) is 0 Å². The van der Waals surface area contributed by atoms with Gasteiger partial charge in [-0.3, -0.25) is 0 Å². The maximum atomic E-state index is 11.4. The summed E-state index contributed by atoms with van der Waals surface area (Å²) in [6.07, 6.45) is 3.18. The zero-order valence-electron chi connectivity index (χ0n) is 12.2. The first-order chi connectivity index (χ1) is 10.0. The second-order valence-electron chi connectivity index (χ2n) is 4.80. The van der Waals surface area contributed by atoms with Crippen molar-refractivity contribution >= 4 is 21.2 Å². The van der Waals surface area contributed by atoms with Gasteiger partial charge in [-0.25, -0.2) is 8.42 Å². The Morgan fingerprint density at radius 3 is 2.48 bits per heavy atom. The lowest BCUT2D eigenvalue weighted by molar-refractivity contribution is 0.602. The Morgan fingerprint density at radius 2 is 1.86 bits per heavy atom. The Bertz CT molecular complexity index is 678. The highest BCUT2D eigenvalue weighted by Crippen LogP contribution is 2.24. The van der Waals surface area contributed by atoms with E-state index in [1.54, 1.807) is 35.6 Å². The van der Waals surface area contributed by atoms with E-state index < -0.39 is 9.84 Å². The molecule has 1 N–H and O–H groups in total. The van der Waals surface area contributed by atoms with Gasteiger partial charge in [-0.15, -0.1) is 10.2 Å². The van der Waals surface area contributed by atoms with Gasteiger partial charge in [-0.1, -0.05) is 30.4 Å². The largest absolute Gasteiger partial charge is 0.316 e. The first kappa shape index (κ1) is 16.1. The average molecular weight is 325 g/mol. The summed E-state index contributed by atoms with van der Waals surface area (Å²) in [5, 5.41) is 13.5. The van der Waals surface area contributed by atoms with E-state index in [2.05, 4.69) is 22.4 Å². The van der Waals surface area contributed by atoms with Crippen LogP contribution in [0.3, 0.4) is 0 Å². The second kappa shape index (κ2) is 7.11. The maximum Gasteiger partial charge on any atom is 0.175 e. The summed E-state index contributed by atoms with van der Waals surface area (Å²) in [4.78, 5) is 0.319. The summed E-state index contributed by atoms with van der Waals surface area (Å²) < 4.78 is 22.8. The highest BCUT2D eigenvalue weighted by atomic mass is 32.2. The molecule has 1 heterocycles. The summed E-state index contributed by atoms with van der Waals surface area (Å²) in [6.45, 7) is 4.05. The molecule has 0 aliphatic heterocycles. The molecule has 0 bridgehead atoms. The topological polar surface area (TPSA) is 72.0 Å². The molecule has 114 valence electrons. The summed E-state index contributed by atoms with van der Waals surface area (Å²) in [7, 11) is -3.15. The van der Waals surface area contributed by atoms with Gasteiger partial charge in [0.2, 0.25) is 0 Å². The molecule has 2 aromatic rings. The van der Waals surface area contributed by atoms with E-state index in [-0.39, 0.29) is 0 Å². The number of nitrogens with one attached hydrogen (secondary N) is 1. The van der Waals surface area contributed by atoms with Crippen LogP contribution in [0.15, 0.2) is 29.2 Å². The van der Waals surface area contributed by atoms with Crippen molar-refractivity contribution in [3.05, 3.63) is 29.3 Å². The third kappa shape index (κ3) is 4.59. The monoisotopic (exact) mass is 325 g/mol. The molecule has 7 heteroatoms. The first-order valence-electron chi connectivity index (χ1n) is 6.84. The molecule has 5 nitrogen and oxygen atoms in total. The molecule has 0 fully saturated rings. The highest BCUT2D eigenvalue weighted by molar-refractivity contribution is 7.90. The molecule has 2 rings (SSSR count). The van der Waals surface area contributed by atoms with Crippen LogP contribution in [-0.4, -0.2) is 38.0 Å². The first-order valence-corrected chi connectivity index (χ1v) is 9.55. The number of hydrogen-bond acceptors (Lipinski definition) is 6. The van der Waals surface area contributed by atoms with Crippen LogP contribution in [0.25, 0.3) is 10.6 Å². The second-order valence-corrected chi connectivity index (χ2v) is 7.88. The van der Waals surface area contributed by atoms with Crippen molar-refractivity contribution in [1.82, 2.24) is 15.5 Å². The van der Waals surface area contributed by atoms with Crippen LogP contribution in [0.4, 0.5) is 0 Å². The van der Waals surface area contributed by atoms with Gasteiger partial charge in [-0.2, -0.15) is 0 Å². The molecule has 0 radical (unpaired) electrons. The minimum atomic E-state index is -3.15. The van der Waals surface area contributed by atoms with Crippen molar-refractivity contribution in [2.45, 2.75) is 24.7 Å². The maximum absolute atomic E-state index is 11.4. The number of nitrogens with zero attached hydrogens (tertiary/aromatic N) is 2. The lowest BCUT2D eigenvalue weighted by atomic mass is 10.2. The molecule has 1 aromatic heterocycles. The fourth-order valence-corrected chi connectivity index (χ4v) is 3.29. The zero-order valence-corrected chi connectivity index (χ0v) is 13.8. The van der Waals surface area contributed by atoms with Crippen LogP contribution in [-0.2, 0) is 16.3 Å². The molecule has 21 heavy (non-hydrogen) atoms. The standard InChI is InChI=1S/C14H19N3O2S2/c1-3-9-15-10-8-13-16-17-14(20-13)11-4-6-12(7-5-11)21(2,18)19/h4-7,15H,3,8-10H2,1-2H3. The van der Waals surface area contributed by atoms with Crippen LogP contribution in [0, 0.1) is 0 Å². The van der Waals surface area contributed by atoms with Crippen LogP contribution >= 0.6 is 11.3 Å². The smallest absolute Gasteiger partial charge is 0.175 e. The van der Waals surface area contributed by atoms with Crippen molar-refractivity contribution < 1.29 is 8.42 Å². The van der Waals surface area contributed by atoms with Crippen molar-refractivity contribution in [2.24, 2.45) is 0 Å². The van der Waals surface area contributed by atoms with E-state index in [9.17, 15) is 8.42 Å². The molecular formula is C14H19N3O2S2. The van der Waals surface area contributed by atoms with E-state index in [0.717, 1.165) is 41.5 Å². The predicted molar refractivity (Wildman–Crippen MR) is 85.3 cm³/mol. The Labute approximate surface area is 129 Å². The summed E-state index contributed by atoms with van der Waals surface area (Å²) in [5.41, 5.74) is 0.896. The van der Waals surface area contributed by atoms with Gasteiger partial charge in [-0.05, 0) is 25.1 Å². The zero-order chi connectivity index (χ0) is 15.3. The molecular weight excluding hydrogens is 306 g/mol. The quantitative estimate of drug-likeness (QED) is 0.790. The molecule has 0 aliphatic rings. The fraction of sp³-hybridized carbons (Fsp3) is 0.429. The summed E-state index contributed by atoms with van der Waals surface area (Å²) in [6, 6.07) is 6.76. The molecule has 0 spiro atoms. The fourth-order valence-electron chi connectivity index (χ4n) is 1.81. The third-order valence-corrected chi connectivity index (χ3v) is 5.10. The van der Waals surface area contributed by atoms with E-state index in [0.29, 0.717) is 4.90 Å². The van der Waals surface area contributed by atoms with Gasteiger partial charge in [0, 0.05) is 24.8 Å². The van der Waals surface area contributed by atoms with Gasteiger partial charge < -0.3 is 5.32 Å². The van der Waals surface area contributed by atoms with Gasteiger partial charge in [0.1, 0.15) is 10.0 Å². The van der Waals surface area contributed by atoms with Crippen molar-refractivity contribution in [3.8, 4) is 10.6 Å². The van der Waals surface area contributed by atoms with Gasteiger partial charge in [0.05, 0.1) is 4.90 Å². The normalized spacial score (nSPS) is 11.7. The van der Waals surface area contributed by atoms with Gasteiger partial charge in [0.25, 0.3) is 0 Å². The van der Waals surface area contributed by atoms with Crippen molar-refractivity contribution in [1.29, 1.82) is 0 Å². The minimum absolute atomic E-state index is 0.319. The van der Waals surface area contributed by atoms with E-state index in [1.807, 2.05) is 0 Å². The number of aromatic nitrogens is 2. The highest BCUT2D eigenvalue weighted by Gasteiger charge is 2.09. The summed E-state index contributed by atoms with van der Waals surface area (Å²) >= 11 is 1.55. The number of sulfone groups is 1. The number of rotatable bonds is 7. The number of benzene rings is 1. The predicted octanol–water partition coefficient (Wildman–Crippen LogP) is 2.15. The van der Waals surface area contributed by atoms with E-state index in [4.69, 9.17) is 0 Å². The molecule has 0 unspecified atom stereocenters. The summed E-state index contributed by atoms with van der Waals surface area (Å²) in [5.74, 6) is 0. The Hall–Kier alpha value is -1.31. The molecule has 0 saturated heterocycles. The molecule has 0 amide bonds. The molecule has 0 aliphatic carbocycles. The van der Waals surface area contributed by atoms with Gasteiger partial charge in [0.15, 0.2) is 9.84 Å². The lowest BCUT2D eigenvalue weighted by Crippen LogP contribution is -2.17. The van der Waals surface area contributed by atoms with E-state index >= 15 is 0 Å². The Kier molecular flexibility index (Phi) is 5.44. The molecule has 0 atom stereocenters. The van der Waals surface area contributed by atoms with Crippen molar-refractivity contribution in [3.63, 3.8) is 0 Å². The van der Waals surface area contributed by atoms with Crippen LogP contribution in [0.1, 0.15) is 18.4 Å². The minimum Gasteiger partial charge on any atom is -0.316 e. The molecule has 1 aromatic carbocycles. The van der Waals surface area contributed by atoms with Crippen LogP contribution < -0.4 is 5.32 Å². The van der Waals surface area contributed by atoms with Crippen molar-refractivity contribution in [2.75, 3.05) is 19.3 Å². The average Bonchev–Trinajstić information content (AvgIpc) is 2.92. The Morgan fingerprint density at radius 1 is 1.14 bits per heavy atom. The Balaban J connectivity index is 2.04.